The van der Waals surface area contributed by atoms with Crippen LogP contribution in [0.4, 0.5) is 5.69 Å². The standard InChI is InChI=1S/C14H20BrN3O/c1-2-3-8-18(11-5-6-11)13-7-4-10(15)9-12(13)14(16)17-19/h4,7,9,11,19H,2-3,5-6,8H2,1H3,(H2,16,17). The Morgan fingerprint density at radius 3 is 2.84 bits per heavy atom. The number of anilines is 1. The van der Waals surface area contributed by atoms with Crippen LogP contribution in [0.5, 0.6) is 0 Å². The summed E-state index contributed by atoms with van der Waals surface area (Å²) in [5.74, 6) is 0.165. The molecule has 0 aromatic heterocycles. The van der Waals surface area contributed by atoms with Crippen molar-refractivity contribution in [2.75, 3.05) is 11.4 Å². The van der Waals surface area contributed by atoms with Crippen molar-refractivity contribution in [2.24, 2.45) is 10.9 Å². The highest BCUT2D eigenvalue weighted by Crippen LogP contribution is 2.35. The van der Waals surface area contributed by atoms with E-state index in [1.807, 2.05) is 18.2 Å². The molecule has 4 nitrogen and oxygen atoms in total. The van der Waals surface area contributed by atoms with Gasteiger partial charge in [0, 0.05) is 28.3 Å². The number of hydrogen-bond acceptors (Lipinski definition) is 3. The number of benzene rings is 1. The van der Waals surface area contributed by atoms with Gasteiger partial charge < -0.3 is 15.8 Å². The predicted molar refractivity (Wildman–Crippen MR) is 81.9 cm³/mol. The maximum Gasteiger partial charge on any atom is 0.172 e. The van der Waals surface area contributed by atoms with Crippen molar-refractivity contribution in [1.29, 1.82) is 0 Å². The maximum atomic E-state index is 8.94. The zero-order chi connectivity index (χ0) is 13.8. The fraction of sp³-hybridized carbons (Fsp3) is 0.500. The minimum absolute atomic E-state index is 0.165. The molecule has 0 saturated heterocycles. The summed E-state index contributed by atoms with van der Waals surface area (Å²) in [6.07, 6.45) is 4.78. The SMILES string of the molecule is CCCCN(c1ccc(Br)cc1/C(N)=N/O)C1CC1. The van der Waals surface area contributed by atoms with Crippen LogP contribution in [0.1, 0.15) is 38.2 Å². The number of nitrogens with two attached hydrogens (primary N) is 1. The second-order valence-corrected chi connectivity index (χ2v) is 5.84. The van der Waals surface area contributed by atoms with Gasteiger partial charge in [0.25, 0.3) is 0 Å². The Morgan fingerprint density at radius 1 is 1.53 bits per heavy atom. The van der Waals surface area contributed by atoms with Crippen LogP contribution < -0.4 is 10.6 Å². The summed E-state index contributed by atoms with van der Waals surface area (Å²) >= 11 is 3.44. The van der Waals surface area contributed by atoms with Gasteiger partial charge in [-0.25, -0.2) is 0 Å². The lowest BCUT2D eigenvalue weighted by Gasteiger charge is -2.27. The molecule has 5 heteroatoms. The summed E-state index contributed by atoms with van der Waals surface area (Å²) in [4.78, 5) is 2.39. The molecule has 1 fully saturated rings. The lowest BCUT2D eigenvalue weighted by atomic mass is 10.1. The Morgan fingerprint density at radius 2 is 2.26 bits per heavy atom. The van der Waals surface area contributed by atoms with Crippen LogP contribution in [0.25, 0.3) is 0 Å². The number of amidine groups is 1. The quantitative estimate of drug-likeness (QED) is 0.365. The Labute approximate surface area is 122 Å². The third-order valence-electron chi connectivity index (χ3n) is 3.39. The summed E-state index contributed by atoms with van der Waals surface area (Å²) in [5.41, 5.74) is 7.66. The number of unbranched alkanes of at least 4 members (excludes halogenated alkanes) is 1. The summed E-state index contributed by atoms with van der Waals surface area (Å²) < 4.78 is 0.934. The summed E-state index contributed by atoms with van der Waals surface area (Å²) in [6, 6.07) is 6.57. The molecule has 3 N–H and O–H groups in total. The smallest absolute Gasteiger partial charge is 0.172 e. The van der Waals surface area contributed by atoms with E-state index in [-0.39, 0.29) is 5.84 Å². The highest BCUT2D eigenvalue weighted by molar-refractivity contribution is 9.10. The van der Waals surface area contributed by atoms with Crippen molar-refractivity contribution >= 4 is 27.5 Å². The van der Waals surface area contributed by atoms with Gasteiger partial charge in [-0.3, -0.25) is 0 Å². The molecule has 0 bridgehead atoms. The molecule has 1 aliphatic rings. The Balaban J connectivity index is 2.35. The molecule has 104 valence electrons. The van der Waals surface area contributed by atoms with Gasteiger partial charge in [-0.15, -0.1) is 0 Å². The molecule has 1 aliphatic carbocycles. The Kier molecular flexibility index (Phi) is 4.69. The van der Waals surface area contributed by atoms with Gasteiger partial charge in [0.05, 0.1) is 0 Å². The van der Waals surface area contributed by atoms with Crippen molar-refractivity contribution in [3.05, 3.63) is 28.2 Å². The van der Waals surface area contributed by atoms with Crippen LogP contribution in [0.2, 0.25) is 0 Å². The van der Waals surface area contributed by atoms with E-state index in [4.69, 9.17) is 10.9 Å². The van der Waals surface area contributed by atoms with Crippen LogP contribution in [-0.2, 0) is 0 Å². The summed E-state index contributed by atoms with van der Waals surface area (Å²) in [5, 5.41) is 12.1. The van der Waals surface area contributed by atoms with Gasteiger partial charge in [0.2, 0.25) is 0 Å². The molecule has 0 amide bonds. The minimum Gasteiger partial charge on any atom is -0.409 e. The topological polar surface area (TPSA) is 61.8 Å². The van der Waals surface area contributed by atoms with Gasteiger partial charge >= 0.3 is 0 Å². The Bertz CT molecular complexity index is 472. The number of hydrogen-bond donors (Lipinski definition) is 2. The average molecular weight is 326 g/mol. The fourth-order valence-corrected chi connectivity index (χ4v) is 2.59. The van der Waals surface area contributed by atoms with E-state index in [1.165, 1.54) is 19.3 Å². The van der Waals surface area contributed by atoms with Gasteiger partial charge in [-0.2, -0.15) is 0 Å². The van der Waals surface area contributed by atoms with E-state index in [1.54, 1.807) is 0 Å². The van der Waals surface area contributed by atoms with Gasteiger partial charge in [-0.1, -0.05) is 34.4 Å². The molecule has 19 heavy (non-hydrogen) atoms. The zero-order valence-corrected chi connectivity index (χ0v) is 12.7. The molecule has 0 unspecified atom stereocenters. The first kappa shape index (κ1) is 14.2. The van der Waals surface area contributed by atoms with Crippen LogP contribution in [0.3, 0.4) is 0 Å². The second-order valence-electron chi connectivity index (χ2n) is 4.92. The molecule has 1 aromatic carbocycles. The normalized spacial score (nSPS) is 15.6. The van der Waals surface area contributed by atoms with E-state index in [0.717, 1.165) is 28.7 Å². The first-order valence-corrected chi connectivity index (χ1v) is 7.50. The zero-order valence-electron chi connectivity index (χ0n) is 11.1. The lowest BCUT2D eigenvalue weighted by molar-refractivity contribution is 0.318. The third-order valence-corrected chi connectivity index (χ3v) is 3.89. The molecule has 1 saturated carbocycles. The van der Waals surface area contributed by atoms with Crippen LogP contribution in [-0.4, -0.2) is 23.6 Å². The molecule has 0 aliphatic heterocycles. The van der Waals surface area contributed by atoms with Gasteiger partial charge in [-0.05, 0) is 37.5 Å². The number of oxime groups is 1. The molecule has 0 radical (unpaired) electrons. The highest BCUT2D eigenvalue weighted by Gasteiger charge is 2.30. The molecular formula is C14H20BrN3O. The van der Waals surface area contributed by atoms with Crippen molar-refractivity contribution in [3.63, 3.8) is 0 Å². The monoisotopic (exact) mass is 325 g/mol. The summed E-state index contributed by atoms with van der Waals surface area (Å²) in [6.45, 7) is 3.21. The molecule has 0 heterocycles. The van der Waals surface area contributed by atoms with E-state index in [9.17, 15) is 0 Å². The first-order chi connectivity index (χ1) is 9.17. The molecular weight excluding hydrogens is 306 g/mol. The van der Waals surface area contributed by atoms with Crippen molar-refractivity contribution in [3.8, 4) is 0 Å². The van der Waals surface area contributed by atoms with Gasteiger partial charge in [0.15, 0.2) is 5.84 Å². The second kappa shape index (κ2) is 6.28. The van der Waals surface area contributed by atoms with E-state index < -0.39 is 0 Å². The maximum absolute atomic E-state index is 8.94. The number of rotatable bonds is 6. The van der Waals surface area contributed by atoms with Crippen molar-refractivity contribution in [1.82, 2.24) is 0 Å². The molecule has 0 spiro atoms. The lowest BCUT2D eigenvalue weighted by Crippen LogP contribution is -2.29. The first-order valence-electron chi connectivity index (χ1n) is 6.71. The van der Waals surface area contributed by atoms with Gasteiger partial charge in [0.1, 0.15) is 0 Å². The largest absolute Gasteiger partial charge is 0.409 e. The fourth-order valence-electron chi connectivity index (χ4n) is 2.23. The summed E-state index contributed by atoms with van der Waals surface area (Å²) in [7, 11) is 0. The molecule has 0 atom stereocenters. The van der Waals surface area contributed by atoms with E-state index >= 15 is 0 Å². The third kappa shape index (κ3) is 3.41. The minimum atomic E-state index is 0.165. The van der Waals surface area contributed by atoms with E-state index in [0.29, 0.717) is 6.04 Å². The van der Waals surface area contributed by atoms with Crippen LogP contribution >= 0.6 is 15.9 Å². The van der Waals surface area contributed by atoms with Crippen molar-refractivity contribution in [2.45, 2.75) is 38.6 Å². The van der Waals surface area contributed by atoms with E-state index in [2.05, 4.69) is 32.9 Å². The van der Waals surface area contributed by atoms with Crippen molar-refractivity contribution < 1.29 is 5.21 Å². The number of nitrogens with zero attached hydrogens (tertiary/aromatic N) is 2. The van der Waals surface area contributed by atoms with Crippen LogP contribution in [0.15, 0.2) is 27.8 Å². The predicted octanol–water partition coefficient (Wildman–Crippen LogP) is 3.31. The Hall–Kier alpha value is -1.23. The highest BCUT2D eigenvalue weighted by atomic mass is 79.9. The molecule has 2 rings (SSSR count). The average Bonchev–Trinajstić information content (AvgIpc) is 3.24. The molecule has 1 aromatic rings. The van der Waals surface area contributed by atoms with Crippen LogP contribution in [0, 0.1) is 0 Å². The number of halogens is 1.